The number of benzene rings is 1. The highest BCUT2D eigenvalue weighted by atomic mass is 17.6. The highest BCUT2D eigenvalue weighted by Gasteiger charge is 2.14. The second-order valence-corrected chi connectivity index (χ2v) is 3.00. The van der Waals surface area contributed by atoms with Crippen LogP contribution in [0.25, 0.3) is 0 Å². The van der Waals surface area contributed by atoms with Gasteiger partial charge in [-0.3, -0.25) is 0 Å². The summed E-state index contributed by atoms with van der Waals surface area (Å²) in [6.45, 7) is 5.44. The van der Waals surface area contributed by atoms with Crippen molar-refractivity contribution in [2.75, 3.05) is 18.9 Å². The summed E-state index contributed by atoms with van der Waals surface area (Å²) in [6, 6.07) is 7.58. The zero-order chi connectivity index (χ0) is 11.1. The Morgan fingerprint density at radius 1 is 1.07 bits per heavy atom. The third-order valence-corrected chi connectivity index (χ3v) is 1.76. The molecule has 0 aliphatic carbocycles. The molecule has 15 heavy (non-hydrogen) atoms. The van der Waals surface area contributed by atoms with E-state index in [2.05, 4.69) is 4.67 Å². The number of anilines is 1. The molecular weight excluding hydrogens is 194 g/mol. The average molecular weight is 212 g/mol. The van der Waals surface area contributed by atoms with Crippen LogP contribution in [-0.2, 0) is 21.1 Å². The first-order valence-electron chi connectivity index (χ1n) is 5.08. The largest absolute Gasteiger partial charge is 0.399 e. The van der Waals surface area contributed by atoms with Crippen LogP contribution in [0.15, 0.2) is 24.3 Å². The molecule has 0 bridgehead atoms. The molecule has 1 aromatic carbocycles. The lowest BCUT2D eigenvalue weighted by Crippen LogP contribution is -2.15. The van der Waals surface area contributed by atoms with E-state index in [-0.39, 0.29) is 0 Å². The van der Waals surface area contributed by atoms with Crippen molar-refractivity contribution >= 4 is 5.69 Å². The number of hydrogen-bond acceptors (Lipinski definition) is 3. The van der Waals surface area contributed by atoms with Crippen molar-refractivity contribution in [1.29, 1.82) is 0 Å². The van der Waals surface area contributed by atoms with E-state index in [1.165, 1.54) is 0 Å². The summed E-state index contributed by atoms with van der Waals surface area (Å²) in [5.74, 6) is 0. The maximum Gasteiger partial charge on any atom is 0.258 e. The fourth-order valence-electron chi connectivity index (χ4n) is 1.13. The Kier molecular flexibility index (Phi) is 5.10. The van der Waals surface area contributed by atoms with Crippen LogP contribution in [-0.4, -0.2) is 13.2 Å². The smallest absolute Gasteiger partial charge is 0.258 e. The van der Waals surface area contributed by atoms with E-state index in [1.54, 1.807) is 0 Å². The van der Waals surface area contributed by atoms with Crippen molar-refractivity contribution in [2.45, 2.75) is 20.5 Å². The van der Waals surface area contributed by atoms with Crippen LogP contribution >= 0.6 is 0 Å². The second kappa shape index (κ2) is 6.40. The van der Waals surface area contributed by atoms with Gasteiger partial charge in [0, 0.05) is 11.3 Å². The monoisotopic (exact) mass is 212 g/mol. The molecule has 0 atom stereocenters. The lowest BCUT2D eigenvalue weighted by Gasteiger charge is -2.09. The van der Waals surface area contributed by atoms with Crippen LogP contribution < -0.4 is 5.73 Å². The molecule has 0 fully saturated rings. The zero-order valence-electron chi connectivity index (χ0n) is 9.23. The molecule has 0 saturated carbocycles. The summed E-state index contributed by atoms with van der Waals surface area (Å²) < 4.78 is 2.31. The Bertz CT molecular complexity index is 268. The lowest BCUT2D eigenvalue weighted by molar-refractivity contribution is -0.663. The minimum atomic E-state index is 0.516. The molecule has 4 nitrogen and oxygen atoms in total. The van der Waals surface area contributed by atoms with Crippen LogP contribution in [0.3, 0.4) is 0 Å². The quantitative estimate of drug-likeness (QED) is 0.340. The van der Waals surface area contributed by atoms with Gasteiger partial charge < -0.3 is 5.73 Å². The van der Waals surface area contributed by atoms with Crippen LogP contribution in [0.2, 0.25) is 0 Å². The Morgan fingerprint density at radius 2 is 1.60 bits per heavy atom. The molecule has 0 amide bonds. The van der Waals surface area contributed by atoms with Gasteiger partial charge in [0.1, 0.15) is 13.2 Å². The average Bonchev–Trinajstić information content (AvgIpc) is 2.22. The highest BCUT2D eigenvalue weighted by Crippen LogP contribution is 2.12. The Hall–Kier alpha value is -1.10. The molecule has 4 heteroatoms. The maximum absolute atomic E-state index is 5.59. The van der Waals surface area contributed by atoms with Gasteiger partial charge in [0.05, 0.1) is 0 Å². The molecule has 84 valence electrons. The van der Waals surface area contributed by atoms with Crippen LogP contribution in [0.4, 0.5) is 5.69 Å². The SMILES string of the molecule is CCO[O+](Cc1ccc(N)cc1)OCC. The zero-order valence-corrected chi connectivity index (χ0v) is 9.23. The van der Waals surface area contributed by atoms with Gasteiger partial charge in [-0.2, -0.15) is 0 Å². The topological polar surface area (TPSA) is 47.2 Å². The normalized spacial score (nSPS) is 10.9. The minimum absolute atomic E-state index is 0.516. The molecule has 0 aliphatic rings. The number of rotatable bonds is 6. The summed E-state index contributed by atoms with van der Waals surface area (Å²) in [5, 5.41) is 0. The number of hydrogen-bond donors (Lipinski definition) is 1. The van der Waals surface area contributed by atoms with Gasteiger partial charge in [-0.05, 0) is 38.1 Å². The van der Waals surface area contributed by atoms with E-state index in [0.717, 1.165) is 11.3 Å². The first-order chi connectivity index (χ1) is 7.26. The van der Waals surface area contributed by atoms with Gasteiger partial charge in [0.25, 0.3) is 6.61 Å². The van der Waals surface area contributed by atoms with Gasteiger partial charge in [0.15, 0.2) is 0 Å². The van der Waals surface area contributed by atoms with E-state index in [9.17, 15) is 0 Å². The van der Waals surface area contributed by atoms with Crippen LogP contribution in [0, 0.1) is 0 Å². The number of nitrogen functional groups attached to an aromatic ring is 1. The molecule has 0 radical (unpaired) electrons. The fourth-order valence-corrected chi connectivity index (χ4v) is 1.13. The third kappa shape index (κ3) is 4.29. The summed E-state index contributed by atoms with van der Waals surface area (Å²) in [4.78, 5) is 10.4. The highest BCUT2D eigenvalue weighted by molar-refractivity contribution is 5.39. The van der Waals surface area contributed by atoms with Gasteiger partial charge >= 0.3 is 0 Å². The van der Waals surface area contributed by atoms with Crippen molar-refractivity contribution in [3.8, 4) is 0 Å². The number of nitrogens with two attached hydrogens (primary N) is 1. The standard InChI is InChI=1S/C11H18NO3/c1-3-13-15(14-4-2)9-10-5-7-11(12)8-6-10/h5-8H,3-4,9,12H2,1-2H3/q+1. The summed E-state index contributed by atoms with van der Waals surface area (Å²) in [5.41, 5.74) is 7.41. The van der Waals surface area contributed by atoms with E-state index in [4.69, 9.17) is 15.5 Å². The summed E-state index contributed by atoms with van der Waals surface area (Å²) >= 11 is 0. The van der Waals surface area contributed by atoms with Crippen molar-refractivity contribution in [1.82, 2.24) is 0 Å². The molecule has 0 saturated heterocycles. The van der Waals surface area contributed by atoms with Crippen molar-refractivity contribution in [2.24, 2.45) is 0 Å². The molecule has 0 aromatic heterocycles. The molecule has 0 spiro atoms. The predicted octanol–water partition coefficient (Wildman–Crippen LogP) is 2.22. The Balaban J connectivity index is 2.53. The predicted molar refractivity (Wildman–Crippen MR) is 58.9 cm³/mol. The van der Waals surface area contributed by atoms with Gasteiger partial charge in [-0.1, -0.05) is 14.4 Å². The maximum atomic E-state index is 5.59. The Morgan fingerprint density at radius 3 is 2.07 bits per heavy atom. The second-order valence-electron chi connectivity index (χ2n) is 3.00. The van der Waals surface area contributed by atoms with Crippen LogP contribution in [0.5, 0.6) is 0 Å². The molecule has 0 heterocycles. The molecule has 0 aliphatic heterocycles. The van der Waals surface area contributed by atoms with Gasteiger partial charge in [-0.15, -0.1) is 0 Å². The first kappa shape index (κ1) is 12.0. The van der Waals surface area contributed by atoms with E-state index in [1.807, 2.05) is 38.1 Å². The first-order valence-corrected chi connectivity index (χ1v) is 5.08. The van der Waals surface area contributed by atoms with Crippen LogP contribution in [0.1, 0.15) is 19.4 Å². The van der Waals surface area contributed by atoms with E-state index >= 15 is 0 Å². The third-order valence-electron chi connectivity index (χ3n) is 1.76. The van der Waals surface area contributed by atoms with Gasteiger partial charge in [0.2, 0.25) is 0 Å². The molecule has 0 unspecified atom stereocenters. The fraction of sp³-hybridized carbons (Fsp3) is 0.455. The lowest BCUT2D eigenvalue weighted by atomic mass is 10.2. The summed E-state index contributed by atoms with van der Waals surface area (Å²) in [6.07, 6.45) is 0. The van der Waals surface area contributed by atoms with Crippen molar-refractivity contribution < 1.29 is 14.4 Å². The molecular formula is C11H18NO3+. The van der Waals surface area contributed by atoms with E-state index < -0.39 is 0 Å². The van der Waals surface area contributed by atoms with E-state index in [0.29, 0.717) is 19.8 Å². The summed E-state index contributed by atoms with van der Waals surface area (Å²) in [7, 11) is 0. The van der Waals surface area contributed by atoms with Gasteiger partial charge in [-0.25, -0.2) is 0 Å². The molecule has 2 N–H and O–H groups in total. The Labute approximate surface area is 90.1 Å². The van der Waals surface area contributed by atoms with Crippen molar-refractivity contribution in [3.05, 3.63) is 29.8 Å². The minimum Gasteiger partial charge on any atom is -0.399 e. The molecule has 1 aromatic rings. The molecule has 1 rings (SSSR count). The van der Waals surface area contributed by atoms with Crippen molar-refractivity contribution in [3.63, 3.8) is 0 Å².